The van der Waals surface area contributed by atoms with Gasteiger partial charge in [-0.05, 0) is 26.1 Å². The summed E-state index contributed by atoms with van der Waals surface area (Å²) >= 11 is 4.67. The summed E-state index contributed by atoms with van der Waals surface area (Å²) in [5.74, 6) is 0.490. The van der Waals surface area contributed by atoms with Gasteiger partial charge in [0, 0.05) is 0 Å². The molecule has 0 aromatic carbocycles. The fourth-order valence-corrected chi connectivity index (χ4v) is 0.702. The Labute approximate surface area is 69.6 Å². The van der Waals surface area contributed by atoms with Crippen LogP contribution in [0.2, 0.25) is 0 Å². The summed E-state index contributed by atoms with van der Waals surface area (Å²) in [6.45, 7) is 4.26. The third kappa shape index (κ3) is 2.81. The van der Waals surface area contributed by atoms with Crippen LogP contribution in [0.25, 0.3) is 0 Å². The number of nitrogens with one attached hydrogen (secondary N) is 1. The summed E-state index contributed by atoms with van der Waals surface area (Å²) in [6, 6.07) is 0. The van der Waals surface area contributed by atoms with E-state index in [1.165, 1.54) is 0 Å². The van der Waals surface area contributed by atoms with Gasteiger partial charge in [-0.25, -0.2) is 5.10 Å². The standard InChI is InChI=1S/C6H10N2O2S/c1-4(2)9-3-5-7-8-6(11)10-5/h4H,3H2,1-2H3,(H,8,11). The van der Waals surface area contributed by atoms with Crippen molar-refractivity contribution >= 4 is 12.2 Å². The lowest BCUT2D eigenvalue weighted by molar-refractivity contribution is 0.0514. The third-order valence-corrected chi connectivity index (χ3v) is 1.20. The highest BCUT2D eigenvalue weighted by molar-refractivity contribution is 7.71. The van der Waals surface area contributed by atoms with E-state index in [0.717, 1.165) is 0 Å². The van der Waals surface area contributed by atoms with Crippen molar-refractivity contribution in [3.8, 4) is 0 Å². The van der Waals surface area contributed by atoms with Gasteiger partial charge in [0.25, 0.3) is 4.84 Å². The van der Waals surface area contributed by atoms with Crippen molar-refractivity contribution in [3.63, 3.8) is 0 Å². The zero-order valence-corrected chi connectivity index (χ0v) is 7.27. The van der Waals surface area contributed by atoms with Gasteiger partial charge in [0.05, 0.1) is 6.10 Å². The number of hydrogen-bond acceptors (Lipinski definition) is 4. The van der Waals surface area contributed by atoms with Crippen LogP contribution in [0.15, 0.2) is 4.42 Å². The maximum atomic E-state index is 5.22. The fourth-order valence-electron chi connectivity index (χ4n) is 0.560. The van der Waals surface area contributed by atoms with Crippen LogP contribution in [0.4, 0.5) is 0 Å². The summed E-state index contributed by atoms with van der Waals surface area (Å²) in [5, 5.41) is 6.28. The maximum Gasteiger partial charge on any atom is 0.284 e. The van der Waals surface area contributed by atoms with Gasteiger partial charge < -0.3 is 9.15 Å². The monoisotopic (exact) mass is 174 g/mol. The molecule has 0 bridgehead atoms. The van der Waals surface area contributed by atoms with E-state index in [4.69, 9.17) is 9.15 Å². The Morgan fingerprint density at radius 2 is 2.45 bits per heavy atom. The predicted molar refractivity (Wildman–Crippen MR) is 41.6 cm³/mol. The van der Waals surface area contributed by atoms with E-state index in [1.807, 2.05) is 13.8 Å². The van der Waals surface area contributed by atoms with Crippen molar-refractivity contribution in [1.82, 2.24) is 10.2 Å². The predicted octanol–water partition coefficient (Wildman–Crippen LogP) is 1.66. The van der Waals surface area contributed by atoms with E-state index in [1.54, 1.807) is 0 Å². The van der Waals surface area contributed by atoms with Crippen molar-refractivity contribution in [2.75, 3.05) is 0 Å². The molecule has 1 rings (SSSR count). The average Bonchev–Trinajstić information content (AvgIpc) is 2.31. The number of aromatic amines is 1. The molecule has 0 unspecified atom stereocenters. The van der Waals surface area contributed by atoms with E-state index in [0.29, 0.717) is 12.5 Å². The molecular formula is C6H10N2O2S. The van der Waals surface area contributed by atoms with Crippen molar-refractivity contribution < 1.29 is 9.15 Å². The minimum Gasteiger partial charge on any atom is -0.412 e. The maximum absolute atomic E-state index is 5.22. The molecular weight excluding hydrogens is 164 g/mol. The minimum atomic E-state index is 0.176. The number of aromatic nitrogens is 2. The van der Waals surface area contributed by atoms with Crippen LogP contribution in [0, 0.1) is 4.84 Å². The highest BCUT2D eigenvalue weighted by atomic mass is 32.1. The van der Waals surface area contributed by atoms with Crippen LogP contribution in [-0.2, 0) is 11.3 Å². The van der Waals surface area contributed by atoms with Gasteiger partial charge in [-0.15, -0.1) is 5.10 Å². The summed E-state index contributed by atoms with van der Waals surface area (Å²) in [4.78, 5) is 0.285. The van der Waals surface area contributed by atoms with Crippen LogP contribution in [0.5, 0.6) is 0 Å². The first-order valence-electron chi connectivity index (χ1n) is 3.34. The van der Waals surface area contributed by atoms with Crippen LogP contribution < -0.4 is 0 Å². The highest BCUT2D eigenvalue weighted by Crippen LogP contribution is 1.99. The Morgan fingerprint density at radius 3 is 2.91 bits per heavy atom. The van der Waals surface area contributed by atoms with Gasteiger partial charge >= 0.3 is 0 Å². The van der Waals surface area contributed by atoms with Gasteiger partial charge in [0.2, 0.25) is 5.89 Å². The molecule has 4 nitrogen and oxygen atoms in total. The van der Waals surface area contributed by atoms with Gasteiger partial charge in [-0.3, -0.25) is 0 Å². The number of ether oxygens (including phenoxy) is 1. The molecule has 0 saturated heterocycles. The first kappa shape index (κ1) is 8.42. The molecule has 62 valence electrons. The van der Waals surface area contributed by atoms with Crippen molar-refractivity contribution in [2.45, 2.75) is 26.6 Å². The lowest BCUT2D eigenvalue weighted by atomic mass is 10.5. The van der Waals surface area contributed by atoms with E-state index < -0.39 is 0 Å². The van der Waals surface area contributed by atoms with E-state index >= 15 is 0 Å². The largest absolute Gasteiger partial charge is 0.412 e. The molecule has 0 amide bonds. The number of hydrogen-bond donors (Lipinski definition) is 1. The lowest BCUT2D eigenvalue weighted by Gasteiger charge is -2.02. The molecule has 0 aliphatic carbocycles. The molecule has 0 radical (unpaired) electrons. The molecule has 0 atom stereocenters. The average molecular weight is 174 g/mol. The smallest absolute Gasteiger partial charge is 0.284 e. The molecule has 11 heavy (non-hydrogen) atoms. The normalized spacial score (nSPS) is 10.8. The van der Waals surface area contributed by atoms with Crippen molar-refractivity contribution in [2.24, 2.45) is 0 Å². The first-order chi connectivity index (χ1) is 5.18. The van der Waals surface area contributed by atoms with E-state index in [2.05, 4.69) is 22.4 Å². The Hall–Kier alpha value is -0.680. The molecule has 1 N–H and O–H groups in total. The third-order valence-electron chi connectivity index (χ3n) is 1.02. The van der Waals surface area contributed by atoms with Gasteiger partial charge in [0.1, 0.15) is 6.61 Å². The van der Waals surface area contributed by atoms with Crippen LogP contribution in [0.1, 0.15) is 19.7 Å². The van der Waals surface area contributed by atoms with E-state index in [9.17, 15) is 0 Å². The van der Waals surface area contributed by atoms with Gasteiger partial charge in [-0.2, -0.15) is 0 Å². The van der Waals surface area contributed by atoms with Crippen LogP contribution >= 0.6 is 12.2 Å². The minimum absolute atomic E-state index is 0.176. The molecule has 0 aliphatic rings. The quantitative estimate of drug-likeness (QED) is 0.708. The summed E-state index contributed by atoms with van der Waals surface area (Å²) < 4.78 is 10.2. The van der Waals surface area contributed by atoms with Crippen molar-refractivity contribution in [1.29, 1.82) is 0 Å². The molecule has 0 spiro atoms. The van der Waals surface area contributed by atoms with E-state index in [-0.39, 0.29) is 10.9 Å². The van der Waals surface area contributed by atoms with Gasteiger partial charge in [-0.1, -0.05) is 0 Å². The van der Waals surface area contributed by atoms with Gasteiger partial charge in [0.15, 0.2) is 0 Å². The summed E-state index contributed by atoms with van der Waals surface area (Å²) in [5.41, 5.74) is 0. The first-order valence-corrected chi connectivity index (χ1v) is 3.75. The van der Waals surface area contributed by atoms with Crippen LogP contribution in [-0.4, -0.2) is 16.3 Å². The molecule has 0 fully saturated rings. The Bertz CT molecular complexity index is 266. The highest BCUT2D eigenvalue weighted by Gasteiger charge is 2.00. The molecule has 1 heterocycles. The number of rotatable bonds is 3. The Balaban J connectivity index is 2.45. The number of nitrogens with zero attached hydrogens (tertiary/aromatic N) is 1. The topological polar surface area (TPSA) is 51.0 Å². The zero-order valence-electron chi connectivity index (χ0n) is 6.46. The Kier molecular flexibility index (Phi) is 2.78. The van der Waals surface area contributed by atoms with Crippen molar-refractivity contribution in [3.05, 3.63) is 10.7 Å². The fraction of sp³-hybridized carbons (Fsp3) is 0.667. The zero-order chi connectivity index (χ0) is 8.27. The second-order valence-electron chi connectivity index (χ2n) is 2.37. The molecule has 0 aliphatic heterocycles. The molecule has 1 aromatic rings. The second-order valence-corrected chi connectivity index (χ2v) is 2.74. The summed E-state index contributed by atoms with van der Waals surface area (Å²) in [7, 11) is 0. The Morgan fingerprint density at radius 1 is 1.73 bits per heavy atom. The van der Waals surface area contributed by atoms with Crippen LogP contribution in [0.3, 0.4) is 0 Å². The SMILES string of the molecule is CC(C)OCc1n[nH]c(=S)o1. The number of H-pyrrole nitrogens is 1. The lowest BCUT2D eigenvalue weighted by Crippen LogP contribution is -2.02. The molecule has 0 saturated carbocycles. The summed E-state index contributed by atoms with van der Waals surface area (Å²) in [6.07, 6.45) is 0.176. The molecule has 1 aromatic heterocycles. The molecule has 5 heteroatoms. The second kappa shape index (κ2) is 3.64.